The summed E-state index contributed by atoms with van der Waals surface area (Å²) in [6.07, 6.45) is 12.3. The number of unbranched alkanes of at least 4 members (excludes halogenated alkanes) is 3. The summed E-state index contributed by atoms with van der Waals surface area (Å²) in [6.45, 7) is 9.23. The molecule has 0 heterocycles. The summed E-state index contributed by atoms with van der Waals surface area (Å²) in [4.78, 5) is 13.6. The second-order valence-electron chi connectivity index (χ2n) is 9.55. The van der Waals surface area contributed by atoms with E-state index in [1.807, 2.05) is 13.0 Å². The van der Waals surface area contributed by atoms with Crippen LogP contribution in [0.3, 0.4) is 0 Å². The third kappa shape index (κ3) is 9.29. The van der Waals surface area contributed by atoms with Crippen molar-refractivity contribution in [2.24, 2.45) is 0 Å². The average molecular weight is 581 g/mol. The van der Waals surface area contributed by atoms with Crippen molar-refractivity contribution in [3.63, 3.8) is 0 Å². The molecule has 190 valence electrons. The number of allylic oxidation sites excluding steroid dienone is 1. The fraction of sp³-hybridized carbons (Fsp3) is 0.469. The molecule has 0 aromatic heterocycles. The summed E-state index contributed by atoms with van der Waals surface area (Å²) >= 11 is -2.96. The number of benzene rings is 2. The molecular formula is C32H46O2Sn. The zero-order valence-electron chi connectivity index (χ0n) is 22.5. The standard InChI is InChI=1S/C20H19O2.3C4H9.Sn/c1-2-22-20(21)19(16-18-12-7-4-8-13-18)15-9-14-17-10-5-3-6-11-17;3*1-3-4-2;/h3-14H,2,15H2,1H3;3*1,3-4H2,2H3;/b14-9+,19-16?;;;;. The normalized spacial score (nSPS) is 12.6. The molecule has 0 aliphatic carbocycles. The third-order valence-corrected chi connectivity index (χ3v) is 22.8. The Morgan fingerprint density at radius 3 is 1.77 bits per heavy atom. The Bertz CT molecular complexity index is 893. The van der Waals surface area contributed by atoms with Crippen LogP contribution in [0.5, 0.6) is 0 Å². The van der Waals surface area contributed by atoms with Crippen molar-refractivity contribution in [1.82, 2.24) is 0 Å². The molecule has 3 heteroatoms. The summed E-state index contributed by atoms with van der Waals surface area (Å²) in [7, 11) is 0. The first-order valence-electron chi connectivity index (χ1n) is 13.8. The minimum absolute atomic E-state index is 0.116. The van der Waals surface area contributed by atoms with E-state index in [0.717, 1.165) is 11.1 Å². The molecule has 0 N–H and O–H groups in total. The molecule has 0 aliphatic rings. The van der Waals surface area contributed by atoms with E-state index in [-0.39, 0.29) is 5.97 Å². The molecule has 2 aromatic rings. The molecule has 2 nitrogen and oxygen atoms in total. The molecule has 0 unspecified atom stereocenters. The fourth-order valence-electron chi connectivity index (χ4n) is 5.08. The Morgan fingerprint density at radius 1 is 0.771 bits per heavy atom. The summed E-state index contributed by atoms with van der Waals surface area (Å²) in [5, 5.41) is 0. The molecule has 0 fully saturated rings. The Balaban J connectivity index is 2.73. The van der Waals surface area contributed by atoms with Crippen LogP contribution in [0.1, 0.15) is 83.8 Å². The Morgan fingerprint density at radius 2 is 1.29 bits per heavy atom. The maximum absolute atomic E-state index is 13.6. The average Bonchev–Trinajstić information content (AvgIpc) is 2.89. The fourth-order valence-corrected chi connectivity index (χ4v) is 22.8. The first-order chi connectivity index (χ1) is 17.1. The number of ether oxygens (including phenoxy) is 1. The summed E-state index contributed by atoms with van der Waals surface area (Å²) in [6, 6.07) is 21.2. The number of carbonyl (C=O) groups is 1. The summed E-state index contributed by atoms with van der Waals surface area (Å²) < 4.78 is 11.1. The van der Waals surface area contributed by atoms with Crippen LogP contribution in [-0.2, 0) is 9.53 Å². The van der Waals surface area contributed by atoms with Crippen LogP contribution in [0.15, 0.2) is 72.3 Å². The predicted molar refractivity (Wildman–Crippen MR) is 155 cm³/mol. The zero-order valence-corrected chi connectivity index (χ0v) is 25.4. The molecule has 0 saturated carbocycles. The second-order valence-corrected chi connectivity index (χ2v) is 22.6. The minimum atomic E-state index is -2.96. The molecule has 0 saturated heterocycles. The van der Waals surface area contributed by atoms with Gasteiger partial charge in [0.25, 0.3) is 0 Å². The Labute approximate surface area is 218 Å². The number of esters is 1. The van der Waals surface area contributed by atoms with Crippen LogP contribution in [0, 0.1) is 0 Å². The van der Waals surface area contributed by atoms with E-state index in [9.17, 15) is 4.79 Å². The molecule has 2 rings (SSSR count). The van der Waals surface area contributed by atoms with E-state index >= 15 is 0 Å². The van der Waals surface area contributed by atoms with Gasteiger partial charge in [0.2, 0.25) is 0 Å². The zero-order chi connectivity index (χ0) is 25.4. The van der Waals surface area contributed by atoms with Crippen LogP contribution in [0.4, 0.5) is 0 Å². The van der Waals surface area contributed by atoms with Crippen molar-refractivity contribution in [3.8, 4) is 0 Å². The SMILES string of the molecule is CCC[CH2][Sn]([CH2]CCC)([CH2]CCC)/[C](=C(\C/C=C/c1ccccc1)C(=O)OCC)c1ccccc1. The second kappa shape index (κ2) is 16.8. The monoisotopic (exact) mass is 582 g/mol. The number of rotatable bonds is 16. The van der Waals surface area contributed by atoms with Crippen LogP contribution in [0.2, 0.25) is 13.3 Å². The van der Waals surface area contributed by atoms with Gasteiger partial charge in [-0.05, 0) is 0 Å². The van der Waals surface area contributed by atoms with E-state index in [0.29, 0.717) is 13.0 Å². The van der Waals surface area contributed by atoms with Gasteiger partial charge in [-0.2, -0.15) is 0 Å². The topological polar surface area (TPSA) is 26.3 Å². The van der Waals surface area contributed by atoms with Gasteiger partial charge in [0.1, 0.15) is 0 Å². The van der Waals surface area contributed by atoms with Crippen molar-refractivity contribution in [2.45, 2.75) is 86.0 Å². The van der Waals surface area contributed by atoms with Crippen molar-refractivity contribution in [2.75, 3.05) is 6.61 Å². The molecule has 35 heavy (non-hydrogen) atoms. The molecule has 2 aromatic carbocycles. The van der Waals surface area contributed by atoms with Gasteiger partial charge in [-0.3, -0.25) is 0 Å². The van der Waals surface area contributed by atoms with E-state index in [1.165, 1.54) is 61.0 Å². The van der Waals surface area contributed by atoms with Gasteiger partial charge >= 0.3 is 220 Å². The van der Waals surface area contributed by atoms with Crippen molar-refractivity contribution in [3.05, 3.63) is 83.4 Å². The van der Waals surface area contributed by atoms with Gasteiger partial charge in [0.05, 0.1) is 0 Å². The molecular weight excluding hydrogens is 535 g/mol. The van der Waals surface area contributed by atoms with Crippen LogP contribution in [0.25, 0.3) is 9.67 Å². The van der Waals surface area contributed by atoms with E-state index < -0.39 is 18.4 Å². The number of carbonyl (C=O) groups excluding carboxylic acids is 1. The van der Waals surface area contributed by atoms with Gasteiger partial charge in [0.15, 0.2) is 0 Å². The quantitative estimate of drug-likeness (QED) is 0.112. The van der Waals surface area contributed by atoms with Gasteiger partial charge < -0.3 is 0 Å². The summed E-state index contributed by atoms with van der Waals surface area (Å²) in [5.74, 6) is -0.116. The molecule has 0 atom stereocenters. The van der Waals surface area contributed by atoms with Crippen molar-refractivity contribution >= 4 is 34.0 Å². The molecule has 0 radical (unpaired) electrons. The summed E-state index contributed by atoms with van der Waals surface area (Å²) in [5.41, 5.74) is 3.35. The van der Waals surface area contributed by atoms with Gasteiger partial charge in [-0.25, -0.2) is 0 Å². The van der Waals surface area contributed by atoms with Gasteiger partial charge in [-0.1, -0.05) is 0 Å². The van der Waals surface area contributed by atoms with Crippen LogP contribution >= 0.6 is 0 Å². The maximum atomic E-state index is 13.6. The number of hydrogen-bond acceptors (Lipinski definition) is 2. The molecule has 0 aliphatic heterocycles. The first-order valence-corrected chi connectivity index (χ1v) is 21.3. The first kappa shape index (κ1) is 29.4. The van der Waals surface area contributed by atoms with Crippen molar-refractivity contribution in [1.29, 1.82) is 0 Å². The molecule has 0 amide bonds. The molecule has 0 bridgehead atoms. The Hall–Kier alpha value is -1.81. The third-order valence-electron chi connectivity index (χ3n) is 6.87. The van der Waals surface area contributed by atoms with Crippen molar-refractivity contribution < 1.29 is 9.53 Å². The molecule has 0 spiro atoms. The van der Waals surface area contributed by atoms with E-state index in [2.05, 4.69) is 87.5 Å². The van der Waals surface area contributed by atoms with E-state index in [4.69, 9.17) is 4.74 Å². The predicted octanol–water partition coefficient (Wildman–Crippen LogP) is 9.50. The van der Waals surface area contributed by atoms with Crippen LogP contribution in [-0.4, -0.2) is 31.0 Å². The number of hydrogen-bond donors (Lipinski definition) is 0. The van der Waals surface area contributed by atoms with Crippen LogP contribution < -0.4 is 0 Å². The Kier molecular flexibility index (Phi) is 14.1. The van der Waals surface area contributed by atoms with E-state index in [1.54, 1.807) is 0 Å². The van der Waals surface area contributed by atoms with Gasteiger partial charge in [-0.15, -0.1) is 0 Å². The van der Waals surface area contributed by atoms with Gasteiger partial charge in [0, 0.05) is 0 Å².